The van der Waals surface area contributed by atoms with Crippen molar-refractivity contribution in [3.05, 3.63) is 29.8 Å². The molecule has 1 aromatic carbocycles. The van der Waals surface area contributed by atoms with Crippen molar-refractivity contribution in [3.8, 4) is 0 Å². The van der Waals surface area contributed by atoms with E-state index < -0.39 is 21.7 Å². The first-order valence-electron chi connectivity index (χ1n) is 8.80. The lowest BCUT2D eigenvalue weighted by Crippen LogP contribution is -2.35. The molecule has 0 spiro atoms. The summed E-state index contributed by atoms with van der Waals surface area (Å²) in [6.07, 6.45) is 1.96. The van der Waals surface area contributed by atoms with Crippen LogP contribution < -0.4 is 10.0 Å². The van der Waals surface area contributed by atoms with E-state index in [4.69, 9.17) is 0 Å². The normalized spacial score (nSPS) is 23.5. The fourth-order valence-corrected chi connectivity index (χ4v) is 4.69. The topological polar surface area (TPSA) is 78.5 Å². The van der Waals surface area contributed by atoms with Gasteiger partial charge >= 0.3 is 0 Å². The molecule has 144 valence electrons. The smallest absolute Gasteiger partial charge is 0.240 e. The minimum absolute atomic E-state index is 0.0382. The summed E-state index contributed by atoms with van der Waals surface area (Å²) >= 11 is 0. The van der Waals surface area contributed by atoms with Crippen molar-refractivity contribution in [1.29, 1.82) is 0 Å². The number of benzene rings is 1. The maximum atomic E-state index is 13.2. The minimum Gasteiger partial charge on any atom is -0.343 e. The molecule has 1 aromatic rings. The van der Waals surface area contributed by atoms with Crippen LogP contribution in [0.2, 0.25) is 0 Å². The standard InChI is InChI=1S/C17H23F2N3O3S/c18-15-2-1-14(9-16(15)19)26(24,25)21-6-3-17(23)22-7-4-12-10-20-11-13(12)5-8-22/h1-2,9,12-13,20-21H,3-8,10-11H2/t12-,13+. The second kappa shape index (κ2) is 7.98. The van der Waals surface area contributed by atoms with Gasteiger partial charge in [-0.05, 0) is 56.0 Å². The van der Waals surface area contributed by atoms with E-state index in [0.29, 0.717) is 31.0 Å². The molecular weight excluding hydrogens is 364 g/mol. The van der Waals surface area contributed by atoms with Gasteiger partial charge in [-0.2, -0.15) is 0 Å². The highest BCUT2D eigenvalue weighted by Crippen LogP contribution is 2.27. The highest BCUT2D eigenvalue weighted by Gasteiger charge is 2.31. The molecule has 0 aromatic heterocycles. The Kier molecular flexibility index (Phi) is 5.89. The Morgan fingerprint density at radius 1 is 1.15 bits per heavy atom. The Hall–Kier alpha value is -1.58. The van der Waals surface area contributed by atoms with Crippen LogP contribution in [0.5, 0.6) is 0 Å². The molecule has 2 aliphatic rings. The molecule has 6 nitrogen and oxygen atoms in total. The average Bonchev–Trinajstić information content (AvgIpc) is 2.95. The van der Waals surface area contributed by atoms with Crippen molar-refractivity contribution >= 4 is 15.9 Å². The second-order valence-corrected chi connectivity index (χ2v) is 8.63. The van der Waals surface area contributed by atoms with Gasteiger partial charge in [-0.15, -0.1) is 0 Å². The molecule has 0 saturated carbocycles. The van der Waals surface area contributed by atoms with Gasteiger partial charge in [-0.25, -0.2) is 21.9 Å². The number of nitrogens with one attached hydrogen (secondary N) is 2. The maximum Gasteiger partial charge on any atom is 0.240 e. The van der Waals surface area contributed by atoms with E-state index in [2.05, 4.69) is 10.0 Å². The van der Waals surface area contributed by atoms with Gasteiger partial charge in [0.2, 0.25) is 15.9 Å². The van der Waals surface area contributed by atoms with Crippen LogP contribution >= 0.6 is 0 Å². The summed E-state index contributed by atoms with van der Waals surface area (Å²) in [5.41, 5.74) is 0. The molecule has 0 bridgehead atoms. The van der Waals surface area contributed by atoms with Gasteiger partial charge in [0.1, 0.15) is 0 Å². The molecule has 2 atom stereocenters. The zero-order valence-electron chi connectivity index (χ0n) is 14.4. The molecule has 26 heavy (non-hydrogen) atoms. The van der Waals surface area contributed by atoms with E-state index in [1.165, 1.54) is 0 Å². The Bertz CT molecular complexity index is 759. The van der Waals surface area contributed by atoms with E-state index in [-0.39, 0.29) is 23.8 Å². The number of carbonyl (C=O) groups is 1. The first kappa shape index (κ1) is 19.2. The fourth-order valence-electron chi connectivity index (χ4n) is 3.65. The number of fused-ring (bicyclic) bond motifs is 1. The molecule has 3 rings (SSSR count). The molecule has 2 saturated heterocycles. The number of sulfonamides is 1. The second-order valence-electron chi connectivity index (χ2n) is 6.86. The monoisotopic (exact) mass is 387 g/mol. The van der Waals surface area contributed by atoms with Gasteiger partial charge in [-0.3, -0.25) is 4.79 Å². The molecule has 0 unspecified atom stereocenters. The molecule has 0 radical (unpaired) electrons. The van der Waals surface area contributed by atoms with E-state index in [0.717, 1.165) is 38.1 Å². The number of amides is 1. The van der Waals surface area contributed by atoms with Gasteiger partial charge in [0.05, 0.1) is 4.90 Å². The Morgan fingerprint density at radius 3 is 2.42 bits per heavy atom. The molecule has 9 heteroatoms. The Morgan fingerprint density at radius 2 is 1.81 bits per heavy atom. The molecule has 0 aliphatic carbocycles. The van der Waals surface area contributed by atoms with Crippen molar-refractivity contribution in [1.82, 2.24) is 14.9 Å². The molecule has 1 amide bonds. The van der Waals surface area contributed by atoms with Crippen molar-refractivity contribution in [2.24, 2.45) is 11.8 Å². The van der Waals surface area contributed by atoms with Crippen LogP contribution in [0.1, 0.15) is 19.3 Å². The van der Waals surface area contributed by atoms with E-state index in [9.17, 15) is 22.0 Å². The van der Waals surface area contributed by atoms with Crippen LogP contribution in [0.15, 0.2) is 23.1 Å². The number of rotatable bonds is 5. The largest absolute Gasteiger partial charge is 0.343 e. The summed E-state index contributed by atoms with van der Waals surface area (Å²) in [5.74, 6) is -1.21. The van der Waals surface area contributed by atoms with Crippen molar-refractivity contribution in [2.45, 2.75) is 24.2 Å². The lowest BCUT2D eigenvalue weighted by molar-refractivity contribution is -0.131. The third-order valence-electron chi connectivity index (χ3n) is 5.20. The van der Waals surface area contributed by atoms with Crippen molar-refractivity contribution in [2.75, 3.05) is 32.7 Å². The van der Waals surface area contributed by atoms with Gasteiger partial charge in [0.15, 0.2) is 11.6 Å². The molecule has 2 aliphatic heterocycles. The molecule has 2 N–H and O–H groups in total. The van der Waals surface area contributed by atoms with Crippen molar-refractivity contribution in [3.63, 3.8) is 0 Å². The number of hydrogen-bond acceptors (Lipinski definition) is 4. The van der Waals surface area contributed by atoms with Crippen LogP contribution in [0.3, 0.4) is 0 Å². The predicted octanol–water partition coefficient (Wildman–Crippen LogP) is 1.09. The number of halogens is 2. The fraction of sp³-hybridized carbons (Fsp3) is 0.588. The Balaban J connectivity index is 1.50. The van der Waals surface area contributed by atoms with Crippen LogP contribution in [-0.4, -0.2) is 51.9 Å². The van der Waals surface area contributed by atoms with Crippen LogP contribution in [0, 0.1) is 23.5 Å². The Labute approximate surface area is 152 Å². The van der Waals surface area contributed by atoms with Crippen LogP contribution in [0.4, 0.5) is 8.78 Å². The highest BCUT2D eigenvalue weighted by molar-refractivity contribution is 7.89. The summed E-state index contributed by atoms with van der Waals surface area (Å²) in [7, 11) is -3.98. The van der Waals surface area contributed by atoms with Gasteiger partial charge in [-0.1, -0.05) is 0 Å². The van der Waals surface area contributed by atoms with E-state index in [1.807, 2.05) is 0 Å². The molecule has 2 heterocycles. The van der Waals surface area contributed by atoms with Crippen LogP contribution in [0.25, 0.3) is 0 Å². The lowest BCUT2D eigenvalue weighted by atomic mass is 9.92. The van der Waals surface area contributed by atoms with Gasteiger partial charge in [0, 0.05) is 26.1 Å². The summed E-state index contributed by atoms with van der Waals surface area (Å²) in [4.78, 5) is 13.8. The highest BCUT2D eigenvalue weighted by atomic mass is 32.2. The van der Waals surface area contributed by atoms with Crippen molar-refractivity contribution < 1.29 is 22.0 Å². The summed E-state index contributed by atoms with van der Waals surface area (Å²) in [5, 5.41) is 3.38. The lowest BCUT2D eigenvalue weighted by Gasteiger charge is -2.21. The van der Waals surface area contributed by atoms with Crippen LogP contribution in [-0.2, 0) is 14.8 Å². The third kappa shape index (κ3) is 4.39. The first-order chi connectivity index (χ1) is 12.4. The minimum atomic E-state index is -3.98. The third-order valence-corrected chi connectivity index (χ3v) is 6.66. The number of likely N-dealkylation sites (tertiary alicyclic amines) is 1. The summed E-state index contributed by atoms with van der Waals surface area (Å²) < 4.78 is 52.6. The predicted molar refractivity (Wildman–Crippen MR) is 91.8 cm³/mol. The summed E-state index contributed by atoms with van der Waals surface area (Å²) in [6.45, 7) is 3.31. The number of hydrogen-bond donors (Lipinski definition) is 2. The molecular formula is C17H23F2N3O3S. The maximum absolute atomic E-state index is 13.2. The summed E-state index contributed by atoms with van der Waals surface area (Å²) in [6, 6.07) is 2.38. The van der Waals surface area contributed by atoms with E-state index in [1.54, 1.807) is 4.90 Å². The zero-order valence-corrected chi connectivity index (χ0v) is 15.2. The van der Waals surface area contributed by atoms with Gasteiger partial charge in [0.25, 0.3) is 0 Å². The number of nitrogens with zero attached hydrogens (tertiary/aromatic N) is 1. The first-order valence-corrected chi connectivity index (χ1v) is 10.3. The zero-order chi connectivity index (χ0) is 18.7. The molecule has 2 fully saturated rings. The van der Waals surface area contributed by atoms with Gasteiger partial charge < -0.3 is 10.2 Å². The number of carbonyl (C=O) groups excluding carboxylic acids is 1. The van der Waals surface area contributed by atoms with E-state index >= 15 is 0 Å². The average molecular weight is 387 g/mol. The quantitative estimate of drug-likeness (QED) is 0.793. The SMILES string of the molecule is O=C(CCNS(=O)(=O)c1ccc(F)c(F)c1)N1CC[C@@H]2CNC[C@@H]2CC1.